The molecule has 0 aliphatic heterocycles. The summed E-state index contributed by atoms with van der Waals surface area (Å²) in [4.78, 5) is 27.9. The van der Waals surface area contributed by atoms with Gasteiger partial charge in [0.05, 0.1) is 5.25 Å². The zero-order chi connectivity index (χ0) is 20.1. The summed E-state index contributed by atoms with van der Waals surface area (Å²) >= 11 is 1.20. The van der Waals surface area contributed by atoms with Gasteiger partial charge < -0.3 is 5.32 Å². The summed E-state index contributed by atoms with van der Waals surface area (Å²) in [6.45, 7) is 5.84. The van der Waals surface area contributed by atoms with Crippen molar-refractivity contribution in [3.05, 3.63) is 70.0 Å². The van der Waals surface area contributed by atoms with Gasteiger partial charge in [-0.3, -0.25) is 14.6 Å². The molecule has 0 fully saturated rings. The molecule has 1 atom stereocenters. The van der Waals surface area contributed by atoms with Crippen molar-refractivity contribution < 1.29 is 4.79 Å². The first-order valence-electron chi connectivity index (χ1n) is 9.05. The van der Waals surface area contributed by atoms with Gasteiger partial charge >= 0.3 is 0 Å². The second-order valence-corrected chi connectivity index (χ2v) is 7.64. The number of aromatic amines is 1. The number of anilines is 1. The van der Waals surface area contributed by atoms with Gasteiger partial charge in [-0.2, -0.15) is 0 Å². The molecule has 7 heteroatoms. The third-order valence-corrected chi connectivity index (χ3v) is 5.61. The smallest absolute Gasteiger partial charge is 0.278 e. The highest BCUT2D eigenvalue weighted by Gasteiger charge is 2.21. The van der Waals surface area contributed by atoms with Crippen LogP contribution in [0.25, 0.3) is 11.3 Å². The molecule has 0 spiro atoms. The van der Waals surface area contributed by atoms with Crippen molar-refractivity contribution in [1.82, 2.24) is 15.2 Å². The van der Waals surface area contributed by atoms with Crippen LogP contribution in [-0.2, 0) is 4.79 Å². The fraction of sp³-hybridized carbons (Fsp3) is 0.238. The molecule has 3 aromatic rings. The first-order valence-corrected chi connectivity index (χ1v) is 9.93. The molecule has 2 N–H and O–H groups in total. The van der Waals surface area contributed by atoms with Crippen molar-refractivity contribution in [2.75, 3.05) is 5.32 Å². The molecule has 3 rings (SSSR count). The van der Waals surface area contributed by atoms with Gasteiger partial charge in [-0.05, 0) is 31.4 Å². The van der Waals surface area contributed by atoms with E-state index in [1.807, 2.05) is 57.2 Å². The number of aromatic nitrogens is 3. The van der Waals surface area contributed by atoms with Crippen LogP contribution in [0.2, 0.25) is 0 Å². The molecule has 1 unspecified atom stereocenters. The number of H-pyrrole nitrogens is 1. The molecule has 0 saturated carbocycles. The number of aryl methyl sites for hydroxylation is 2. The quantitative estimate of drug-likeness (QED) is 0.618. The number of rotatable bonds is 6. The lowest BCUT2D eigenvalue weighted by Crippen LogP contribution is -2.26. The van der Waals surface area contributed by atoms with Crippen LogP contribution in [0.3, 0.4) is 0 Å². The average Bonchev–Trinajstić information content (AvgIpc) is 2.69. The van der Waals surface area contributed by atoms with Crippen molar-refractivity contribution in [2.24, 2.45) is 0 Å². The van der Waals surface area contributed by atoms with Crippen LogP contribution in [-0.4, -0.2) is 26.3 Å². The Balaban J connectivity index is 1.77. The molecule has 1 amide bonds. The molecule has 0 saturated heterocycles. The molecule has 0 aliphatic rings. The number of hydrogen-bond acceptors (Lipinski definition) is 5. The Morgan fingerprint density at radius 3 is 2.36 bits per heavy atom. The minimum atomic E-state index is -0.397. The van der Waals surface area contributed by atoms with Crippen molar-refractivity contribution in [3.63, 3.8) is 0 Å². The third kappa shape index (κ3) is 4.48. The van der Waals surface area contributed by atoms with Gasteiger partial charge in [0.2, 0.25) is 5.91 Å². The molecule has 0 bridgehead atoms. The Kier molecular flexibility index (Phi) is 6.26. The predicted molar refractivity (Wildman–Crippen MR) is 113 cm³/mol. The Labute approximate surface area is 167 Å². The van der Waals surface area contributed by atoms with E-state index in [0.29, 0.717) is 17.1 Å². The number of amides is 1. The second kappa shape index (κ2) is 8.84. The lowest BCUT2D eigenvalue weighted by atomic mass is 10.1. The number of carbonyl (C=O) groups excluding carboxylic acids is 1. The minimum Gasteiger partial charge on any atom is -0.325 e. The largest absolute Gasteiger partial charge is 0.325 e. The van der Waals surface area contributed by atoms with Crippen LogP contribution >= 0.6 is 11.8 Å². The fourth-order valence-corrected chi connectivity index (χ4v) is 3.67. The van der Waals surface area contributed by atoms with E-state index < -0.39 is 5.25 Å². The summed E-state index contributed by atoms with van der Waals surface area (Å²) in [5.41, 5.74) is 3.48. The second-order valence-electron chi connectivity index (χ2n) is 6.44. The van der Waals surface area contributed by atoms with Crippen molar-refractivity contribution >= 4 is 23.4 Å². The number of hydrogen-bond donors (Lipinski definition) is 2. The summed E-state index contributed by atoms with van der Waals surface area (Å²) in [5.74, 6) is -0.125. The highest BCUT2D eigenvalue weighted by Crippen LogP contribution is 2.25. The summed E-state index contributed by atoms with van der Waals surface area (Å²) in [5, 5.41) is 11.1. The monoisotopic (exact) mass is 394 g/mol. The summed E-state index contributed by atoms with van der Waals surface area (Å²) in [7, 11) is 0. The lowest BCUT2D eigenvalue weighted by Gasteiger charge is -2.16. The molecule has 0 aliphatic carbocycles. The topological polar surface area (TPSA) is 87.7 Å². The van der Waals surface area contributed by atoms with E-state index in [4.69, 9.17) is 0 Å². The van der Waals surface area contributed by atoms with Gasteiger partial charge in [-0.15, -0.1) is 10.2 Å². The van der Waals surface area contributed by atoms with Crippen LogP contribution in [0, 0.1) is 13.8 Å². The predicted octanol–water partition coefficient (Wildman–Crippen LogP) is 3.96. The van der Waals surface area contributed by atoms with Crippen LogP contribution in [0.5, 0.6) is 0 Å². The van der Waals surface area contributed by atoms with Gasteiger partial charge in [0.1, 0.15) is 0 Å². The maximum atomic E-state index is 12.8. The van der Waals surface area contributed by atoms with Gasteiger partial charge in [-0.25, -0.2) is 0 Å². The summed E-state index contributed by atoms with van der Waals surface area (Å²) in [6, 6.07) is 15.0. The van der Waals surface area contributed by atoms with Crippen LogP contribution in [0.15, 0.2) is 58.5 Å². The maximum absolute atomic E-state index is 12.8. The average molecular weight is 395 g/mol. The van der Waals surface area contributed by atoms with Crippen molar-refractivity contribution in [3.8, 4) is 11.3 Å². The SMILES string of the molecule is CCC(Sc1nnc(-c2ccccc2)c(=O)[nH]1)C(=O)Nc1c(C)cccc1C. The van der Waals surface area contributed by atoms with E-state index in [0.717, 1.165) is 16.8 Å². The Morgan fingerprint density at radius 1 is 1.07 bits per heavy atom. The molecule has 1 aromatic heterocycles. The highest BCUT2D eigenvalue weighted by atomic mass is 32.2. The van der Waals surface area contributed by atoms with Gasteiger partial charge in [-0.1, -0.05) is 67.2 Å². The van der Waals surface area contributed by atoms with E-state index in [1.54, 1.807) is 12.1 Å². The van der Waals surface area contributed by atoms with Crippen LogP contribution < -0.4 is 10.9 Å². The number of carbonyl (C=O) groups is 1. The van der Waals surface area contributed by atoms with Crippen molar-refractivity contribution in [1.29, 1.82) is 0 Å². The van der Waals surface area contributed by atoms with Gasteiger partial charge in [0.25, 0.3) is 5.56 Å². The zero-order valence-electron chi connectivity index (χ0n) is 16.0. The van der Waals surface area contributed by atoms with Gasteiger partial charge in [0, 0.05) is 11.3 Å². The van der Waals surface area contributed by atoms with Crippen molar-refractivity contribution in [2.45, 2.75) is 37.6 Å². The van der Waals surface area contributed by atoms with Gasteiger partial charge in [0.15, 0.2) is 10.9 Å². The number of para-hydroxylation sites is 1. The lowest BCUT2D eigenvalue weighted by molar-refractivity contribution is -0.115. The van der Waals surface area contributed by atoms with Crippen LogP contribution in [0.1, 0.15) is 24.5 Å². The van der Waals surface area contributed by atoms with E-state index in [2.05, 4.69) is 20.5 Å². The molecule has 1 heterocycles. The van der Waals surface area contributed by atoms with E-state index in [9.17, 15) is 9.59 Å². The molecule has 2 aromatic carbocycles. The first kappa shape index (κ1) is 19.8. The van der Waals surface area contributed by atoms with E-state index in [-0.39, 0.29) is 17.2 Å². The summed E-state index contributed by atoms with van der Waals surface area (Å²) < 4.78 is 0. The normalized spacial score (nSPS) is 11.8. The first-order chi connectivity index (χ1) is 13.5. The van der Waals surface area contributed by atoms with E-state index >= 15 is 0 Å². The standard InChI is InChI=1S/C21H22N4O2S/c1-4-16(19(26)22-17-13(2)9-8-10-14(17)3)28-21-23-20(27)18(24-25-21)15-11-6-5-7-12-15/h5-12,16H,4H2,1-3H3,(H,22,26)(H,23,25,27). The molecule has 6 nitrogen and oxygen atoms in total. The Bertz CT molecular complexity index is 1010. The molecular weight excluding hydrogens is 372 g/mol. The fourth-order valence-electron chi connectivity index (χ4n) is 2.83. The number of nitrogens with one attached hydrogen (secondary N) is 2. The van der Waals surface area contributed by atoms with Crippen LogP contribution in [0.4, 0.5) is 5.69 Å². The zero-order valence-corrected chi connectivity index (χ0v) is 16.8. The molecular formula is C21H22N4O2S. The molecule has 0 radical (unpaired) electrons. The summed E-state index contributed by atoms with van der Waals surface area (Å²) in [6.07, 6.45) is 0.589. The number of thioether (sulfide) groups is 1. The Morgan fingerprint density at radius 2 is 1.75 bits per heavy atom. The molecule has 28 heavy (non-hydrogen) atoms. The molecule has 144 valence electrons. The van der Waals surface area contributed by atoms with E-state index in [1.165, 1.54) is 11.8 Å². The number of benzene rings is 2. The maximum Gasteiger partial charge on any atom is 0.278 e. The third-order valence-electron chi connectivity index (χ3n) is 4.37. The minimum absolute atomic E-state index is 0.125. The number of nitrogens with zero attached hydrogens (tertiary/aromatic N) is 2. The Hall–Kier alpha value is -2.93. The highest BCUT2D eigenvalue weighted by molar-refractivity contribution is 8.00.